The first-order valence-corrected chi connectivity index (χ1v) is 8.01. The van der Waals surface area contributed by atoms with E-state index in [1.807, 2.05) is 0 Å². The lowest BCUT2D eigenvalue weighted by Crippen LogP contribution is -2.31. The van der Waals surface area contributed by atoms with Crippen LogP contribution in [0.3, 0.4) is 0 Å². The predicted octanol–water partition coefficient (Wildman–Crippen LogP) is 3.99. The lowest BCUT2D eigenvalue weighted by Gasteiger charge is -2.19. The molecule has 2 aromatic carbocycles. The highest BCUT2D eigenvalue weighted by Crippen LogP contribution is 2.30. The van der Waals surface area contributed by atoms with E-state index in [9.17, 15) is 13.6 Å². The molecule has 0 aliphatic rings. The second kappa shape index (κ2) is 9.24. The zero-order valence-electron chi connectivity index (χ0n) is 14.2. The number of benzene rings is 2. The summed E-state index contributed by atoms with van der Waals surface area (Å²) in [6.07, 6.45) is 0. The molecule has 0 unspecified atom stereocenters. The van der Waals surface area contributed by atoms with Gasteiger partial charge < -0.3 is 19.1 Å². The van der Waals surface area contributed by atoms with Gasteiger partial charge in [0.2, 0.25) is 0 Å². The SMILES string of the molecule is COc1cc(CN(C)C(=O)COc2ccccc2Cl)ccc1OC(F)F. The minimum absolute atomic E-state index is 0.0673. The molecule has 0 saturated carbocycles. The highest BCUT2D eigenvalue weighted by molar-refractivity contribution is 6.32. The van der Waals surface area contributed by atoms with Gasteiger partial charge in [0.25, 0.3) is 5.91 Å². The van der Waals surface area contributed by atoms with Crippen LogP contribution in [-0.2, 0) is 11.3 Å². The summed E-state index contributed by atoms with van der Waals surface area (Å²) in [6.45, 7) is -2.87. The van der Waals surface area contributed by atoms with Gasteiger partial charge in [0.1, 0.15) is 5.75 Å². The maximum atomic E-state index is 12.4. The van der Waals surface area contributed by atoms with Crippen molar-refractivity contribution in [3.63, 3.8) is 0 Å². The van der Waals surface area contributed by atoms with Gasteiger partial charge in [-0.3, -0.25) is 4.79 Å². The van der Waals surface area contributed by atoms with Gasteiger partial charge in [0.15, 0.2) is 18.1 Å². The van der Waals surface area contributed by atoms with Gasteiger partial charge in [-0.25, -0.2) is 0 Å². The third-order valence-corrected chi connectivity index (χ3v) is 3.79. The number of methoxy groups -OCH3 is 1. The largest absolute Gasteiger partial charge is 0.493 e. The highest BCUT2D eigenvalue weighted by atomic mass is 35.5. The van der Waals surface area contributed by atoms with Crippen molar-refractivity contribution in [2.45, 2.75) is 13.2 Å². The molecule has 140 valence electrons. The first-order valence-electron chi connectivity index (χ1n) is 7.63. The molecular weight excluding hydrogens is 368 g/mol. The summed E-state index contributed by atoms with van der Waals surface area (Å²) in [5.74, 6) is 0.251. The number of carbonyl (C=O) groups excluding carboxylic acids is 1. The summed E-state index contributed by atoms with van der Waals surface area (Å²) in [5, 5.41) is 0.419. The zero-order valence-corrected chi connectivity index (χ0v) is 15.0. The number of likely N-dealkylation sites (N-methyl/N-ethyl adjacent to an activating group) is 1. The molecule has 0 aliphatic heterocycles. The minimum atomic E-state index is -2.94. The molecule has 0 aromatic heterocycles. The van der Waals surface area contributed by atoms with Crippen LogP contribution in [0.1, 0.15) is 5.56 Å². The molecule has 0 heterocycles. The number of alkyl halides is 2. The van der Waals surface area contributed by atoms with E-state index in [1.54, 1.807) is 37.4 Å². The molecule has 0 spiro atoms. The van der Waals surface area contributed by atoms with Crippen LogP contribution in [0.4, 0.5) is 8.78 Å². The summed E-state index contributed by atoms with van der Waals surface area (Å²) < 4.78 is 39.5. The summed E-state index contributed by atoms with van der Waals surface area (Å²) >= 11 is 5.97. The number of rotatable bonds is 8. The highest BCUT2D eigenvalue weighted by Gasteiger charge is 2.14. The quantitative estimate of drug-likeness (QED) is 0.689. The predicted molar refractivity (Wildman–Crippen MR) is 93.0 cm³/mol. The van der Waals surface area contributed by atoms with Crippen LogP contribution in [-0.4, -0.2) is 38.2 Å². The van der Waals surface area contributed by atoms with Crippen molar-refractivity contribution in [2.75, 3.05) is 20.8 Å². The fraction of sp³-hybridized carbons (Fsp3) is 0.278. The van der Waals surface area contributed by atoms with Gasteiger partial charge in [-0.1, -0.05) is 29.8 Å². The Morgan fingerprint density at radius 2 is 1.88 bits per heavy atom. The third kappa shape index (κ3) is 5.49. The van der Waals surface area contributed by atoms with E-state index >= 15 is 0 Å². The Hall–Kier alpha value is -2.54. The van der Waals surface area contributed by atoms with Crippen LogP contribution >= 0.6 is 11.6 Å². The van der Waals surface area contributed by atoms with E-state index in [4.69, 9.17) is 21.1 Å². The number of nitrogens with zero attached hydrogens (tertiary/aromatic N) is 1. The van der Waals surface area contributed by atoms with E-state index < -0.39 is 6.61 Å². The molecule has 0 atom stereocenters. The van der Waals surface area contributed by atoms with Gasteiger partial charge in [0.05, 0.1) is 12.1 Å². The molecule has 2 rings (SSSR count). The van der Waals surface area contributed by atoms with E-state index in [0.717, 1.165) is 0 Å². The van der Waals surface area contributed by atoms with E-state index in [2.05, 4.69) is 4.74 Å². The van der Waals surface area contributed by atoms with Gasteiger partial charge >= 0.3 is 6.61 Å². The maximum absolute atomic E-state index is 12.4. The maximum Gasteiger partial charge on any atom is 0.387 e. The fourth-order valence-electron chi connectivity index (χ4n) is 2.18. The van der Waals surface area contributed by atoms with Crippen LogP contribution in [0.15, 0.2) is 42.5 Å². The van der Waals surface area contributed by atoms with Crippen LogP contribution < -0.4 is 14.2 Å². The Kier molecular flexibility index (Phi) is 7.03. The number of carbonyl (C=O) groups is 1. The first kappa shape index (κ1) is 19.8. The van der Waals surface area contributed by atoms with Crippen molar-refractivity contribution in [1.29, 1.82) is 0 Å². The van der Waals surface area contributed by atoms with E-state index in [1.165, 1.54) is 24.1 Å². The Morgan fingerprint density at radius 1 is 1.15 bits per heavy atom. The van der Waals surface area contributed by atoms with Crippen LogP contribution in [0.5, 0.6) is 17.2 Å². The zero-order chi connectivity index (χ0) is 19.1. The average molecular weight is 386 g/mol. The summed E-state index contributed by atoms with van der Waals surface area (Å²) in [4.78, 5) is 13.6. The van der Waals surface area contributed by atoms with Crippen LogP contribution in [0, 0.1) is 0 Å². The second-order valence-electron chi connectivity index (χ2n) is 5.33. The van der Waals surface area contributed by atoms with Crippen LogP contribution in [0.2, 0.25) is 5.02 Å². The monoisotopic (exact) mass is 385 g/mol. The fourth-order valence-corrected chi connectivity index (χ4v) is 2.37. The summed E-state index contributed by atoms with van der Waals surface area (Å²) in [6, 6.07) is 11.3. The molecule has 2 aromatic rings. The standard InChI is InChI=1S/C18H18ClF2NO4/c1-22(17(23)11-25-14-6-4-3-5-13(14)19)10-12-7-8-15(26-18(20)21)16(9-12)24-2/h3-9,18H,10-11H2,1-2H3. The molecule has 0 aliphatic carbocycles. The smallest absolute Gasteiger partial charge is 0.387 e. The van der Waals surface area contributed by atoms with Crippen LogP contribution in [0.25, 0.3) is 0 Å². The van der Waals surface area contributed by atoms with E-state index in [-0.39, 0.29) is 30.6 Å². The molecule has 8 heteroatoms. The molecule has 0 N–H and O–H groups in total. The van der Waals surface area contributed by atoms with Crippen molar-refractivity contribution in [1.82, 2.24) is 4.90 Å². The molecule has 26 heavy (non-hydrogen) atoms. The third-order valence-electron chi connectivity index (χ3n) is 3.48. The lowest BCUT2D eigenvalue weighted by molar-refractivity contribution is -0.132. The lowest BCUT2D eigenvalue weighted by atomic mass is 10.2. The Labute approximate surface area is 155 Å². The molecular formula is C18H18ClF2NO4. The Balaban J connectivity index is 1.96. The summed E-state index contributed by atoms with van der Waals surface area (Å²) in [5.41, 5.74) is 0.692. The van der Waals surface area contributed by atoms with Crippen molar-refractivity contribution >= 4 is 17.5 Å². The number of ether oxygens (including phenoxy) is 3. The average Bonchev–Trinajstić information content (AvgIpc) is 2.61. The second-order valence-corrected chi connectivity index (χ2v) is 5.74. The normalized spacial score (nSPS) is 10.5. The Bertz CT molecular complexity index is 758. The molecule has 0 saturated heterocycles. The van der Waals surface area contributed by atoms with Crippen molar-refractivity contribution < 1.29 is 27.8 Å². The number of halogens is 3. The summed E-state index contributed by atoms with van der Waals surface area (Å²) in [7, 11) is 2.96. The van der Waals surface area contributed by atoms with Crippen molar-refractivity contribution in [3.8, 4) is 17.2 Å². The number of amides is 1. The molecule has 0 radical (unpaired) electrons. The molecule has 0 fully saturated rings. The van der Waals surface area contributed by atoms with Gasteiger partial charge in [-0.15, -0.1) is 0 Å². The van der Waals surface area contributed by atoms with Gasteiger partial charge in [0, 0.05) is 13.6 Å². The number of hydrogen-bond acceptors (Lipinski definition) is 4. The van der Waals surface area contributed by atoms with Gasteiger partial charge in [-0.2, -0.15) is 8.78 Å². The molecule has 1 amide bonds. The minimum Gasteiger partial charge on any atom is -0.493 e. The first-order chi connectivity index (χ1) is 12.4. The number of hydrogen-bond donors (Lipinski definition) is 0. The number of para-hydroxylation sites is 1. The Morgan fingerprint density at radius 3 is 2.54 bits per heavy atom. The van der Waals surface area contributed by atoms with E-state index in [0.29, 0.717) is 16.3 Å². The molecule has 5 nitrogen and oxygen atoms in total. The van der Waals surface area contributed by atoms with Gasteiger partial charge in [-0.05, 0) is 29.8 Å². The van der Waals surface area contributed by atoms with Crippen molar-refractivity contribution in [3.05, 3.63) is 53.1 Å². The van der Waals surface area contributed by atoms with Crippen molar-refractivity contribution in [2.24, 2.45) is 0 Å². The topological polar surface area (TPSA) is 48.0 Å². The molecule has 0 bridgehead atoms.